The van der Waals surface area contributed by atoms with Crippen molar-refractivity contribution in [3.05, 3.63) is 29.8 Å². The normalized spacial score (nSPS) is 24.1. The standard InChI is InChI=1S/C17H27NO2S/c1-4-5-9-16-10-12-17(13-11-16)21(19,20)18-14(2)7-6-8-15(18)3/h10-15H,4-9H2,1-3H3. The van der Waals surface area contributed by atoms with Crippen molar-refractivity contribution in [1.82, 2.24) is 4.31 Å². The summed E-state index contributed by atoms with van der Waals surface area (Å²) in [6.07, 6.45) is 6.35. The molecule has 0 radical (unpaired) electrons. The summed E-state index contributed by atoms with van der Waals surface area (Å²) in [5.41, 5.74) is 1.22. The number of unbranched alkanes of at least 4 members (excludes halogenated alkanes) is 1. The Morgan fingerprint density at radius 3 is 2.19 bits per heavy atom. The number of sulfonamides is 1. The molecule has 1 saturated heterocycles. The van der Waals surface area contributed by atoms with Gasteiger partial charge in [-0.2, -0.15) is 4.31 Å². The number of aryl methyl sites for hydroxylation is 1. The molecule has 1 aromatic carbocycles. The lowest BCUT2D eigenvalue weighted by Gasteiger charge is -2.37. The second-order valence-corrected chi connectivity index (χ2v) is 8.05. The highest BCUT2D eigenvalue weighted by Crippen LogP contribution is 2.29. The minimum absolute atomic E-state index is 0.0958. The molecule has 0 amide bonds. The number of hydrogen-bond donors (Lipinski definition) is 0. The molecule has 0 aliphatic carbocycles. The van der Waals surface area contributed by atoms with E-state index in [-0.39, 0.29) is 12.1 Å². The topological polar surface area (TPSA) is 37.4 Å². The Balaban J connectivity index is 2.22. The first-order chi connectivity index (χ1) is 9.96. The van der Waals surface area contributed by atoms with Crippen molar-refractivity contribution in [2.75, 3.05) is 0 Å². The summed E-state index contributed by atoms with van der Waals surface area (Å²) < 4.78 is 27.4. The van der Waals surface area contributed by atoms with E-state index >= 15 is 0 Å². The van der Waals surface area contributed by atoms with Crippen LogP contribution in [0.4, 0.5) is 0 Å². The fourth-order valence-electron chi connectivity index (χ4n) is 3.20. The van der Waals surface area contributed by atoms with E-state index in [2.05, 4.69) is 6.92 Å². The fraction of sp³-hybridized carbons (Fsp3) is 0.647. The van der Waals surface area contributed by atoms with Crippen LogP contribution in [0.3, 0.4) is 0 Å². The summed E-state index contributed by atoms with van der Waals surface area (Å²) in [4.78, 5) is 0.434. The second-order valence-electron chi connectivity index (χ2n) is 6.21. The van der Waals surface area contributed by atoms with E-state index in [9.17, 15) is 8.42 Å². The van der Waals surface area contributed by atoms with Gasteiger partial charge in [-0.15, -0.1) is 0 Å². The zero-order chi connectivity index (χ0) is 15.5. The molecule has 0 bridgehead atoms. The van der Waals surface area contributed by atoms with Gasteiger partial charge in [0.25, 0.3) is 0 Å². The summed E-state index contributed by atoms with van der Waals surface area (Å²) in [6, 6.07) is 7.66. The van der Waals surface area contributed by atoms with E-state index in [1.54, 1.807) is 16.4 Å². The van der Waals surface area contributed by atoms with Crippen molar-refractivity contribution in [2.24, 2.45) is 0 Å². The van der Waals surface area contributed by atoms with Gasteiger partial charge in [-0.25, -0.2) is 8.42 Å². The first-order valence-corrected chi connectivity index (χ1v) is 9.53. The highest BCUT2D eigenvalue weighted by atomic mass is 32.2. The molecule has 1 heterocycles. The summed E-state index contributed by atoms with van der Waals surface area (Å²) in [5.74, 6) is 0. The van der Waals surface area contributed by atoms with Gasteiger partial charge in [-0.05, 0) is 57.2 Å². The third-order valence-electron chi connectivity index (χ3n) is 4.43. The van der Waals surface area contributed by atoms with E-state index in [1.165, 1.54) is 5.56 Å². The van der Waals surface area contributed by atoms with Crippen LogP contribution in [0, 0.1) is 0 Å². The molecule has 1 aromatic rings. The van der Waals surface area contributed by atoms with Gasteiger partial charge in [-0.3, -0.25) is 0 Å². The summed E-state index contributed by atoms with van der Waals surface area (Å²) >= 11 is 0. The van der Waals surface area contributed by atoms with E-state index in [4.69, 9.17) is 0 Å². The lowest BCUT2D eigenvalue weighted by atomic mass is 10.0. The summed E-state index contributed by atoms with van der Waals surface area (Å²) in [6.45, 7) is 6.20. The maximum absolute atomic E-state index is 12.9. The fourth-order valence-corrected chi connectivity index (χ4v) is 5.08. The molecule has 118 valence electrons. The SMILES string of the molecule is CCCCc1ccc(S(=O)(=O)N2C(C)CCCC2C)cc1. The third-order valence-corrected chi connectivity index (χ3v) is 6.57. The second kappa shape index (κ2) is 6.93. The highest BCUT2D eigenvalue weighted by Gasteiger charge is 2.35. The molecule has 21 heavy (non-hydrogen) atoms. The van der Waals surface area contributed by atoms with Crippen LogP contribution in [-0.2, 0) is 16.4 Å². The van der Waals surface area contributed by atoms with E-state index < -0.39 is 10.0 Å². The van der Waals surface area contributed by atoms with Crippen LogP contribution < -0.4 is 0 Å². The maximum Gasteiger partial charge on any atom is 0.243 e. The Morgan fingerprint density at radius 2 is 1.67 bits per heavy atom. The molecule has 0 saturated carbocycles. The van der Waals surface area contributed by atoms with Crippen LogP contribution in [-0.4, -0.2) is 24.8 Å². The van der Waals surface area contributed by atoms with Gasteiger partial charge in [0.1, 0.15) is 0 Å². The van der Waals surface area contributed by atoms with Gasteiger partial charge in [0, 0.05) is 12.1 Å². The average molecular weight is 309 g/mol. The Morgan fingerprint density at radius 1 is 1.10 bits per heavy atom. The predicted molar refractivity (Wildman–Crippen MR) is 86.9 cm³/mol. The minimum Gasteiger partial charge on any atom is -0.207 e. The van der Waals surface area contributed by atoms with Crippen LogP contribution in [0.25, 0.3) is 0 Å². The minimum atomic E-state index is -3.36. The van der Waals surface area contributed by atoms with Crippen LogP contribution >= 0.6 is 0 Å². The van der Waals surface area contributed by atoms with Crippen LogP contribution in [0.15, 0.2) is 29.2 Å². The quantitative estimate of drug-likeness (QED) is 0.825. The average Bonchev–Trinajstić information content (AvgIpc) is 2.45. The van der Waals surface area contributed by atoms with Gasteiger partial charge in [0.2, 0.25) is 10.0 Å². The van der Waals surface area contributed by atoms with E-state index in [0.717, 1.165) is 38.5 Å². The monoisotopic (exact) mass is 309 g/mol. The number of nitrogens with zero attached hydrogens (tertiary/aromatic N) is 1. The molecule has 1 aliphatic rings. The number of rotatable bonds is 5. The molecular weight excluding hydrogens is 282 g/mol. The Hall–Kier alpha value is -0.870. The zero-order valence-electron chi connectivity index (χ0n) is 13.4. The van der Waals surface area contributed by atoms with Gasteiger partial charge in [0.05, 0.1) is 4.90 Å². The first-order valence-electron chi connectivity index (χ1n) is 8.09. The molecule has 0 spiro atoms. The number of piperidine rings is 1. The lowest BCUT2D eigenvalue weighted by Crippen LogP contribution is -2.47. The van der Waals surface area contributed by atoms with Crippen LogP contribution in [0.5, 0.6) is 0 Å². The summed E-state index contributed by atoms with van der Waals surface area (Å²) in [7, 11) is -3.36. The number of hydrogen-bond acceptors (Lipinski definition) is 2. The van der Waals surface area contributed by atoms with Crippen LogP contribution in [0.2, 0.25) is 0 Å². The highest BCUT2D eigenvalue weighted by molar-refractivity contribution is 7.89. The van der Waals surface area contributed by atoms with Crippen molar-refractivity contribution in [3.63, 3.8) is 0 Å². The number of benzene rings is 1. The predicted octanol–water partition coefficient (Wildman–Crippen LogP) is 3.98. The Kier molecular flexibility index (Phi) is 5.44. The molecular formula is C17H27NO2S. The Bertz CT molecular complexity index is 541. The van der Waals surface area contributed by atoms with Crippen molar-refractivity contribution in [1.29, 1.82) is 0 Å². The lowest BCUT2D eigenvalue weighted by molar-refractivity contribution is 0.204. The van der Waals surface area contributed by atoms with Gasteiger partial charge in [-0.1, -0.05) is 31.9 Å². The van der Waals surface area contributed by atoms with Crippen molar-refractivity contribution in [2.45, 2.75) is 76.3 Å². The molecule has 0 aromatic heterocycles. The largest absolute Gasteiger partial charge is 0.243 e. The van der Waals surface area contributed by atoms with Crippen molar-refractivity contribution >= 4 is 10.0 Å². The molecule has 1 aliphatic heterocycles. The Labute approximate surface area is 129 Å². The van der Waals surface area contributed by atoms with E-state index in [1.807, 2.05) is 26.0 Å². The third kappa shape index (κ3) is 3.67. The van der Waals surface area contributed by atoms with Crippen LogP contribution in [0.1, 0.15) is 58.4 Å². The van der Waals surface area contributed by atoms with Crippen molar-refractivity contribution < 1.29 is 8.42 Å². The first kappa shape index (κ1) is 16.5. The molecule has 4 heteroatoms. The molecule has 2 rings (SSSR count). The summed E-state index contributed by atoms with van der Waals surface area (Å²) in [5, 5.41) is 0. The van der Waals surface area contributed by atoms with E-state index in [0.29, 0.717) is 4.90 Å². The molecule has 2 unspecified atom stereocenters. The molecule has 1 fully saturated rings. The van der Waals surface area contributed by atoms with Gasteiger partial charge >= 0.3 is 0 Å². The molecule has 2 atom stereocenters. The van der Waals surface area contributed by atoms with Crippen molar-refractivity contribution in [3.8, 4) is 0 Å². The zero-order valence-corrected chi connectivity index (χ0v) is 14.2. The van der Waals surface area contributed by atoms with Gasteiger partial charge in [0.15, 0.2) is 0 Å². The van der Waals surface area contributed by atoms with Gasteiger partial charge < -0.3 is 0 Å². The molecule has 0 N–H and O–H groups in total. The maximum atomic E-state index is 12.9. The molecule has 3 nitrogen and oxygen atoms in total. The smallest absolute Gasteiger partial charge is 0.207 e.